The minimum absolute atomic E-state index is 0.0939. The first-order valence-corrected chi connectivity index (χ1v) is 6.02. The number of hydrogen-bond acceptors (Lipinski definition) is 6. The van der Waals surface area contributed by atoms with Gasteiger partial charge in [-0.05, 0) is 19.8 Å². The second kappa shape index (κ2) is 5.24. The van der Waals surface area contributed by atoms with Gasteiger partial charge in [0.25, 0.3) is 0 Å². The molecule has 18 heavy (non-hydrogen) atoms. The number of carbonyl (C=O) groups is 2. The lowest BCUT2D eigenvalue weighted by Crippen LogP contribution is -2.30. The van der Waals surface area contributed by atoms with E-state index in [9.17, 15) is 9.59 Å². The molecule has 0 aromatic carbocycles. The summed E-state index contributed by atoms with van der Waals surface area (Å²) in [6.45, 7) is 2.60. The van der Waals surface area contributed by atoms with E-state index in [0.29, 0.717) is 26.1 Å². The summed E-state index contributed by atoms with van der Waals surface area (Å²) in [7, 11) is 1.32. The molecule has 0 radical (unpaired) electrons. The predicted molar refractivity (Wildman–Crippen MR) is 59.5 cm³/mol. The van der Waals surface area contributed by atoms with Crippen LogP contribution in [0, 0.1) is 11.8 Å². The number of cyclic esters (lactones) is 1. The molecule has 2 rings (SSSR count). The Kier molecular flexibility index (Phi) is 3.87. The highest BCUT2D eigenvalue weighted by atomic mass is 16.7. The van der Waals surface area contributed by atoms with Crippen LogP contribution in [0.1, 0.15) is 19.8 Å². The maximum Gasteiger partial charge on any atom is 0.312 e. The Morgan fingerprint density at radius 2 is 2.17 bits per heavy atom. The highest BCUT2D eigenvalue weighted by Crippen LogP contribution is 2.43. The number of methoxy groups -OCH3 is 1. The van der Waals surface area contributed by atoms with Crippen LogP contribution in [0.25, 0.3) is 0 Å². The Balaban J connectivity index is 2.19. The van der Waals surface area contributed by atoms with Crippen LogP contribution in [0.4, 0.5) is 0 Å². The molecule has 0 aromatic rings. The molecule has 6 heteroatoms. The molecule has 0 amide bonds. The van der Waals surface area contributed by atoms with Crippen LogP contribution in [0.2, 0.25) is 0 Å². The number of carbonyl (C=O) groups excluding carboxylic acids is 2. The first kappa shape index (κ1) is 13.3. The van der Waals surface area contributed by atoms with Crippen molar-refractivity contribution in [2.24, 2.45) is 11.8 Å². The molecule has 1 saturated heterocycles. The smallest absolute Gasteiger partial charge is 0.312 e. The average molecular weight is 258 g/mol. The summed E-state index contributed by atoms with van der Waals surface area (Å²) in [5, 5.41) is 0. The van der Waals surface area contributed by atoms with Crippen LogP contribution < -0.4 is 0 Å². The fourth-order valence-electron chi connectivity index (χ4n) is 2.68. The van der Waals surface area contributed by atoms with E-state index in [2.05, 4.69) is 0 Å². The van der Waals surface area contributed by atoms with Crippen molar-refractivity contribution in [3.63, 3.8) is 0 Å². The summed E-state index contributed by atoms with van der Waals surface area (Å²) in [4.78, 5) is 23.6. The van der Waals surface area contributed by atoms with Gasteiger partial charge in [-0.2, -0.15) is 0 Å². The van der Waals surface area contributed by atoms with Crippen molar-refractivity contribution < 1.29 is 28.5 Å². The van der Waals surface area contributed by atoms with Gasteiger partial charge in [0.1, 0.15) is 0 Å². The summed E-state index contributed by atoms with van der Waals surface area (Å²) in [6, 6.07) is 0. The van der Waals surface area contributed by atoms with Gasteiger partial charge in [0.2, 0.25) is 0 Å². The molecule has 0 N–H and O–H groups in total. The molecular weight excluding hydrogens is 240 g/mol. The number of esters is 2. The number of ether oxygens (including phenoxy) is 4. The van der Waals surface area contributed by atoms with Crippen molar-refractivity contribution in [2.75, 3.05) is 27.1 Å². The van der Waals surface area contributed by atoms with E-state index >= 15 is 0 Å². The molecule has 1 heterocycles. The fourth-order valence-corrected chi connectivity index (χ4v) is 2.68. The maximum absolute atomic E-state index is 11.9. The third-order valence-electron chi connectivity index (χ3n) is 3.56. The van der Waals surface area contributed by atoms with Crippen molar-refractivity contribution in [2.45, 2.75) is 25.4 Å². The molecule has 0 spiro atoms. The van der Waals surface area contributed by atoms with Crippen LogP contribution in [-0.2, 0) is 28.5 Å². The van der Waals surface area contributed by atoms with Crippen molar-refractivity contribution >= 4 is 11.9 Å². The normalized spacial score (nSPS) is 36.9. The molecule has 6 nitrogen and oxygen atoms in total. The van der Waals surface area contributed by atoms with Crippen LogP contribution >= 0.6 is 0 Å². The van der Waals surface area contributed by atoms with Gasteiger partial charge in [0, 0.05) is 0 Å². The Labute approximate surface area is 106 Å². The lowest BCUT2D eigenvalue weighted by Gasteiger charge is -2.25. The van der Waals surface area contributed by atoms with E-state index in [0.717, 1.165) is 0 Å². The van der Waals surface area contributed by atoms with E-state index < -0.39 is 23.4 Å². The van der Waals surface area contributed by atoms with Crippen molar-refractivity contribution in [3.05, 3.63) is 0 Å². The number of rotatable bonds is 1. The minimum Gasteiger partial charge on any atom is -0.469 e. The van der Waals surface area contributed by atoms with Gasteiger partial charge in [-0.25, -0.2) is 0 Å². The molecule has 2 fully saturated rings. The van der Waals surface area contributed by atoms with E-state index in [4.69, 9.17) is 18.9 Å². The monoisotopic (exact) mass is 258 g/mol. The average Bonchev–Trinajstić information content (AvgIpc) is 2.70. The molecule has 102 valence electrons. The zero-order valence-electron chi connectivity index (χ0n) is 10.6. The highest BCUT2D eigenvalue weighted by Gasteiger charge is 2.50. The maximum atomic E-state index is 11.9. The van der Waals surface area contributed by atoms with E-state index in [1.165, 1.54) is 7.11 Å². The van der Waals surface area contributed by atoms with Gasteiger partial charge >= 0.3 is 11.9 Å². The standard InChI is InChI=1S/C12H18O6/c1-12-5-8(10(13)15-2)9(6-12)11(14)17-7-16-3-4-18-12/h8-9H,3-7H2,1-2H3/t8-,9-,12?/m1/s1. The second-order valence-electron chi connectivity index (χ2n) is 4.93. The highest BCUT2D eigenvalue weighted by molar-refractivity contribution is 5.83. The molecule has 1 saturated carbocycles. The quantitative estimate of drug-likeness (QED) is 0.637. The zero-order chi connectivity index (χ0) is 13.2. The number of fused-ring (bicyclic) bond motifs is 2. The third kappa shape index (κ3) is 2.64. The molecular formula is C12H18O6. The van der Waals surface area contributed by atoms with Gasteiger partial charge in [-0.3, -0.25) is 9.59 Å². The van der Waals surface area contributed by atoms with Gasteiger partial charge in [0.15, 0.2) is 6.79 Å². The lowest BCUT2D eigenvalue weighted by molar-refractivity contribution is -0.170. The molecule has 1 aliphatic heterocycles. The minimum atomic E-state index is -0.510. The van der Waals surface area contributed by atoms with Crippen LogP contribution in [0.15, 0.2) is 0 Å². The van der Waals surface area contributed by atoms with E-state index in [-0.39, 0.29) is 12.8 Å². The largest absolute Gasteiger partial charge is 0.469 e. The Bertz CT molecular complexity index is 337. The number of hydrogen-bond donors (Lipinski definition) is 0. The van der Waals surface area contributed by atoms with Gasteiger partial charge in [-0.15, -0.1) is 0 Å². The summed E-state index contributed by atoms with van der Waals surface area (Å²) in [5.74, 6) is -1.81. The van der Waals surface area contributed by atoms with E-state index in [1.54, 1.807) is 0 Å². The molecule has 3 atom stereocenters. The molecule has 2 aliphatic rings. The van der Waals surface area contributed by atoms with Crippen molar-refractivity contribution in [1.29, 1.82) is 0 Å². The molecule has 2 bridgehead atoms. The Morgan fingerprint density at radius 1 is 1.39 bits per heavy atom. The van der Waals surface area contributed by atoms with E-state index in [1.807, 2.05) is 6.92 Å². The van der Waals surface area contributed by atoms with Gasteiger partial charge < -0.3 is 18.9 Å². The first-order chi connectivity index (χ1) is 8.56. The van der Waals surface area contributed by atoms with Crippen LogP contribution in [0.5, 0.6) is 0 Å². The topological polar surface area (TPSA) is 71.1 Å². The Hall–Kier alpha value is -1.14. The Morgan fingerprint density at radius 3 is 2.89 bits per heavy atom. The molecule has 0 aromatic heterocycles. The third-order valence-corrected chi connectivity index (χ3v) is 3.56. The summed E-state index contributed by atoms with van der Waals surface area (Å²) in [6.07, 6.45) is 0.949. The van der Waals surface area contributed by atoms with Crippen molar-refractivity contribution in [3.8, 4) is 0 Å². The molecule has 1 aliphatic carbocycles. The summed E-state index contributed by atoms with van der Waals surface area (Å²) >= 11 is 0. The SMILES string of the molecule is COC(=O)[C@@H]1CC2(C)C[C@H]1C(=O)OCOCCO2. The first-order valence-electron chi connectivity index (χ1n) is 6.02. The van der Waals surface area contributed by atoms with Crippen LogP contribution in [0.3, 0.4) is 0 Å². The predicted octanol–water partition coefficient (Wildman–Crippen LogP) is 0.492. The van der Waals surface area contributed by atoms with Gasteiger partial charge in [-0.1, -0.05) is 0 Å². The van der Waals surface area contributed by atoms with Crippen molar-refractivity contribution in [1.82, 2.24) is 0 Å². The second-order valence-corrected chi connectivity index (χ2v) is 4.93. The summed E-state index contributed by atoms with van der Waals surface area (Å²) in [5.41, 5.74) is -0.497. The lowest BCUT2D eigenvalue weighted by atomic mass is 9.96. The molecule has 1 unspecified atom stereocenters. The van der Waals surface area contributed by atoms with Crippen LogP contribution in [-0.4, -0.2) is 44.7 Å². The van der Waals surface area contributed by atoms with Gasteiger partial charge in [0.05, 0.1) is 37.8 Å². The summed E-state index contributed by atoms with van der Waals surface area (Å²) < 4.78 is 20.6. The zero-order valence-corrected chi connectivity index (χ0v) is 10.6. The fraction of sp³-hybridized carbons (Fsp3) is 0.833.